The Kier molecular flexibility index (Phi) is 5.06. The van der Waals surface area contributed by atoms with E-state index in [-0.39, 0.29) is 17.0 Å². The summed E-state index contributed by atoms with van der Waals surface area (Å²) in [6.45, 7) is 3.92. The molecule has 0 atom stereocenters. The molecule has 32 heavy (non-hydrogen) atoms. The van der Waals surface area contributed by atoms with Crippen LogP contribution in [0.25, 0.3) is 0 Å². The minimum absolute atomic E-state index is 0.0847. The third-order valence-corrected chi connectivity index (χ3v) is 6.66. The van der Waals surface area contributed by atoms with Crippen LogP contribution in [-0.2, 0) is 6.18 Å². The average molecular weight is 449 g/mol. The molecule has 2 aromatic rings. The number of amides is 2. The van der Waals surface area contributed by atoms with Crippen LogP contribution in [0.5, 0.6) is 0 Å². The average Bonchev–Trinajstić information content (AvgIpc) is 3.47. The van der Waals surface area contributed by atoms with Crippen LogP contribution in [0.15, 0.2) is 42.6 Å². The lowest BCUT2D eigenvalue weighted by Gasteiger charge is -2.57. The molecule has 5 nitrogen and oxygen atoms in total. The topological polar surface area (TPSA) is 71.1 Å². The number of hydrogen-bond donors (Lipinski definition) is 2. The highest BCUT2D eigenvalue weighted by Gasteiger charge is 2.66. The van der Waals surface area contributed by atoms with Crippen molar-refractivity contribution in [2.75, 3.05) is 0 Å². The summed E-state index contributed by atoms with van der Waals surface area (Å²) in [5.74, 6) is -1.22. The van der Waals surface area contributed by atoms with Crippen LogP contribution in [0, 0.1) is 11.2 Å². The summed E-state index contributed by atoms with van der Waals surface area (Å²) >= 11 is 0. The lowest BCUT2D eigenvalue weighted by molar-refractivity contribution is -0.137. The van der Waals surface area contributed by atoms with E-state index in [0.29, 0.717) is 24.6 Å². The molecule has 2 aliphatic rings. The van der Waals surface area contributed by atoms with Crippen molar-refractivity contribution in [3.63, 3.8) is 0 Å². The molecular formula is C23H23F4N3O2. The van der Waals surface area contributed by atoms with Crippen molar-refractivity contribution in [3.8, 4) is 0 Å². The number of halogens is 4. The molecule has 1 aromatic carbocycles. The van der Waals surface area contributed by atoms with Gasteiger partial charge in [0.2, 0.25) is 0 Å². The second kappa shape index (κ2) is 7.28. The fraction of sp³-hybridized carbons (Fsp3) is 0.435. The minimum atomic E-state index is -4.51. The van der Waals surface area contributed by atoms with Crippen molar-refractivity contribution >= 4 is 11.8 Å². The van der Waals surface area contributed by atoms with Crippen molar-refractivity contribution in [1.82, 2.24) is 15.6 Å². The Hall–Kier alpha value is -2.97. The van der Waals surface area contributed by atoms with Gasteiger partial charge in [0.05, 0.1) is 5.56 Å². The van der Waals surface area contributed by atoms with Gasteiger partial charge in [0.25, 0.3) is 11.8 Å². The Bertz CT molecular complexity index is 1040. The van der Waals surface area contributed by atoms with Gasteiger partial charge in [0.1, 0.15) is 11.5 Å². The van der Waals surface area contributed by atoms with Crippen LogP contribution in [0.2, 0.25) is 0 Å². The fourth-order valence-corrected chi connectivity index (χ4v) is 5.03. The Morgan fingerprint density at radius 3 is 2.06 bits per heavy atom. The van der Waals surface area contributed by atoms with Crippen molar-refractivity contribution in [3.05, 3.63) is 65.2 Å². The Morgan fingerprint density at radius 1 is 0.938 bits per heavy atom. The molecule has 1 heterocycles. The van der Waals surface area contributed by atoms with Crippen LogP contribution in [0.3, 0.4) is 0 Å². The standard InChI is InChI=1S/C23H23F4N3O2/c1-20(22(9-10-22)30-18(31)14-3-6-16(24)7-4-14)12-21(2,13-20)29-19(32)17-8-5-15(11-28-17)23(25,26)27/h3-8,11H,9-10,12-13H2,1-2H3,(H,29,32)(H,30,31). The van der Waals surface area contributed by atoms with Crippen molar-refractivity contribution < 1.29 is 27.2 Å². The number of nitrogens with one attached hydrogen (secondary N) is 2. The second-order valence-electron chi connectivity index (χ2n) is 9.40. The number of carbonyl (C=O) groups is 2. The molecule has 0 bridgehead atoms. The van der Waals surface area contributed by atoms with Crippen LogP contribution >= 0.6 is 0 Å². The molecule has 0 aliphatic heterocycles. The van der Waals surface area contributed by atoms with Gasteiger partial charge in [-0.3, -0.25) is 14.6 Å². The van der Waals surface area contributed by atoms with Crippen LogP contribution in [0.1, 0.15) is 65.9 Å². The monoisotopic (exact) mass is 449 g/mol. The van der Waals surface area contributed by atoms with E-state index < -0.39 is 34.5 Å². The van der Waals surface area contributed by atoms with E-state index in [1.165, 1.54) is 24.3 Å². The molecule has 0 radical (unpaired) electrons. The SMILES string of the molecule is CC1(NC(=O)c2ccc(C(F)(F)F)cn2)CC(C)(C2(NC(=O)c3ccc(F)cc3)CC2)C1. The van der Waals surface area contributed by atoms with Crippen LogP contribution in [-0.4, -0.2) is 27.9 Å². The summed E-state index contributed by atoms with van der Waals surface area (Å²) < 4.78 is 51.2. The first-order valence-electron chi connectivity index (χ1n) is 10.3. The molecule has 2 aliphatic carbocycles. The maximum atomic E-state index is 13.1. The molecule has 0 saturated heterocycles. The third kappa shape index (κ3) is 4.08. The zero-order valence-electron chi connectivity index (χ0n) is 17.6. The van der Waals surface area contributed by atoms with Crippen molar-refractivity contribution in [2.45, 2.75) is 56.8 Å². The highest BCUT2D eigenvalue weighted by Crippen LogP contribution is 2.63. The summed E-state index contributed by atoms with van der Waals surface area (Å²) in [6, 6.07) is 7.24. The Balaban J connectivity index is 1.38. The van der Waals surface area contributed by atoms with Gasteiger partial charge in [-0.1, -0.05) is 6.92 Å². The van der Waals surface area contributed by atoms with Gasteiger partial charge in [0, 0.05) is 22.8 Å². The molecular weight excluding hydrogens is 426 g/mol. The van der Waals surface area contributed by atoms with Gasteiger partial charge in [0.15, 0.2) is 0 Å². The van der Waals surface area contributed by atoms with Crippen molar-refractivity contribution in [1.29, 1.82) is 0 Å². The maximum Gasteiger partial charge on any atom is 0.417 e. The number of rotatable bonds is 5. The van der Waals surface area contributed by atoms with Gasteiger partial charge in [-0.05, 0) is 74.4 Å². The molecule has 2 saturated carbocycles. The largest absolute Gasteiger partial charge is 0.417 e. The first-order chi connectivity index (χ1) is 14.8. The van der Waals surface area contributed by atoms with E-state index in [1.54, 1.807) is 0 Å². The van der Waals surface area contributed by atoms with Gasteiger partial charge >= 0.3 is 6.18 Å². The Labute approximate surface area is 182 Å². The first kappa shape index (κ1) is 22.2. The van der Waals surface area contributed by atoms with Gasteiger partial charge in [-0.2, -0.15) is 13.2 Å². The summed E-state index contributed by atoms with van der Waals surface area (Å²) in [7, 11) is 0. The number of aromatic nitrogens is 1. The summed E-state index contributed by atoms with van der Waals surface area (Å²) in [5.41, 5.74) is -1.83. The molecule has 4 rings (SSSR count). The van der Waals surface area contributed by atoms with E-state index >= 15 is 0 Å². The minimum Gasteiger partial charge on any atom is -0.346 e. The number of alkyl halides is 3. The van der Waals surface area contributed by atoms with E-state index in [4.69, 9.17) is 0 Å². The lowest BCUT2D eigenvalue weighted by Crippen LogP contribution is -2.66. The smallest absolute Gasteiger partial charge is 0.346 e. The van der Waals surface area contributed by atoms with Gasteiger partial charge < -0.3 is 10.6 Å². The number of carbonyl (C=O) groups excluding carboxylic acids is 2. The zero-order chi connectivity index (χ0) is 23.4. The quantitative estimate of drug-likeness (QED) is 0.661. The highest BCUT2D eigenvalue weighted by molar-refractivity contribution is 5.95. The number of hydrogen-bond acceptors (Lipinski definition) is 3. The first-order valence-corrected chi connectivity index (χ1v) is 10.3. The van der Waals surface area contributed by atoms with E-state index in [1.807, 2.05) is 6.92 Å². The lowest BCUT2D eigenvalue weighted by atomic mass is 9.54. The molecule has 2 N–H and O–H groups in total. The summed E-state index contributed by atoms with van der Waals surface area (Å²) in [5, 5.41) is 5.97. The third-order valence-electron chi connectivity index (χ3n) is 6.66. The maximum absolute atomic E-state index is 13.1. The van der Waals surface area contributed by atoms with E-state index in [0.717, 1.165) is 25.0 Å². The molecule has 0 unspecified atom stereocenters. The summed E-state index contributed by atoms with van der Waals surface area (Å²) in [6.07, 6.45) is -1.07. The highest BCUT2D eigenvalue weighted by atomic mass is 19.4. The molecule has 170 valence electrons. The predicted molar refractivity (Wildman–Crippen MR) is 108 cm³/mol. The van der Waals surface area contributed by atoms with Crippen molar-refractivity contribution in [2.24, 2.45) is 5.41 Å². The molecule has 1 aromatic heterocycles. The molecule has 2 amide bonds. The molecule has 9 heteroatoms. The number of nitrogens with zero attached hydrogens (tertiary/aromatic N) is 1. The number of pyridine rings is 1. The Morgan fingerprint density at radius 2 is 1.56 bits per heavy atom. The summed E-state index contributed by atoms with van der Waals surface area (Å²) in [4.78, 5) is 28.8. The van der Waals surface area contributed by atoms with E-state index in [9.17, 15) is 27.2 Å². The zero-order valence-corrected chi connectivity index (χ0v) is 17.6. The van der Waals surface area contributed by atoms with Crippen LogP contribution in [0.4, 0.5) is 17.6 Å². The van der Waals surface area contributed by atoms with Crippen LogP contribution < -0.4 is 10.6 Å². The van der Waals surface area contributed by atoms with Gasteiger partial charge in [-0.25, -0.2) is 4.39 Å². The van der Waals surface area contributed by atoms with E-state index in [2.05, 4.69) is 22.5 Å². The molecule has 0 spiro atoms. The second-order valence-corrected chi connectivity index (χ2v) is 9.40. The molecule has 2 fully saturated rings. The predicted octanol–water partition coefficient (Wildman–Crippen LogP) is 4.49. The normalized spacial score (nSPS) is 26.1. The number of benzene rings is 1. The van der Waals surface area contributed by atoms with Gasteiger partial charge in [-0.15, -0.1) is 0 Å². The fourth-order valence-electron chi connectivity index (χ4n) is 5.03.